The molecule has 1 aromatic heterocycles. The quantitative estimate of drug-likeness (QED) is 0.618. The number of amides is 1. The lowest BCUT2D eigenvalue weighted by molar-refractivity contribution is -0.384. The predicted octanol–water partition coefficient (Wildman–Crippen LogP) is 0.0950. The summed E-state index contributed by atoms with van der Waals surface area (Å²) in [7, 11) is 1.65. The number of carbonyl (C=O) groups is 1. The Kier molecular flexibility index (Phi) is 3.97. The van der Waals surface area contributed by atoms with Crippen LogP contribution in [0, 0.1) is 10.1 Å². The highest BCUT2D eigenvalue weighted by molar-refractivity contribution is 5.73. The summed E-state index contributed by atoms with van der Waals surface area (Å²) in [6.45, 7) is 3.61. The maximum atomic E-state index is 11.3. The summed E-state index contributed by atoms with van der Waals surface area (Å²) in [5.74, 6) is 0.634. The number of hydrogen-bond acceptors (Lipinski definition) is 7. The molecule has 0 saturated carbocycles. The summed E-state index contributed by atoms with van der Waals surface area (Å²) in [5, 5.41) is 13.8. The number of aromatic nitrogens is 2. The fraction of sp³-hybridized carbons (Fsp3) is 0.545. The van der Waals surface area contributed by atoms with Crippen LogP contribution in [0.4, 0.5) is 17.5 Å². The van der Waals surface area contributed by atoms with Crippen molar-refractivity contribution in [3.05, 3.63) is 16.3 Å². The molecular formula is C11H16N6O3. The molecular weight excluding hydrogens is 264 g/mol. The molecule has 0 aromatic carbocycles. The number of piperazine rings is 1. The molecule has 1 aliphatic heterocycles. The van der Waals surface area contributed by atoms with Gasteiger partial charge in [-0.25, -0.2) is 4.98 Å². The van der Waals surface area contributed by atoms with E-state index in [1.165, 1.54) is 13.1 Å². The topological polar surface area (TPSA) is 104 Å². The number of nitro groups is 1. The van der Waals surface area contributed by atoms with E-state index in [1.807, 2.05) is 0 Å². The first-order chi connectivity index (χ1) is 9.52. The first-order valence-corrected chi connectivity index (χ1v) is 6.22. The summed E-state index contributed by atoms with van der Waals surface area (Å²) in [6, 6.07) is 0. The molecule has 108 valence electrons. The molecule has 1 aliphatic rings. The lowest BCUT2D eigenvalue weighted by atomic mass is 10.3. The largest absolute Gasteiger partial charge is 0.357 e. The van der Waals surface area contributed by atoms with Crippen LogP contribution in [0.15, 0.2) is 6.20 Å². The van der Waals surface area contributed by atoms with Crippen molar-refractivity contribution >= 4 is 23.4 Å². The number of carbonyl (C=O) groups excluding carboxylic acids is 1. The Labute approximate surface area is 115 Å². The van der Waals surface area contributed by atoms with E-state index in [-0.39, 0.29) is 17.4 Å². The Morgan fingerprint density at radius 2 is 2.05 bits per heavy atom. The van der Waals surface area contributed by atoms with E-state index in [2.05, 4.69) is 15.3 Å². The fourth-order valence-electron chi connectivity index (χ4n) is 2.08. The van der Waals surface area contributed by atoms with Crippen molar-refractivity contribution in [3.8, 4) is 0 Å². The number of anilines is 2. The third-order valence-corrected chi connectivity index (χ3v) is 3.19. The Morgan fingerprint density at radius 3 is 2.55 bits per heavy atom. The minimum absolute atomic E-state index is 0.0118. The van der Waals surface area contributed by atoms with Crippen LogP contribution >= 0.6 is 0 Å². The number of nitrogens with zero attached hydrogens (tertiary/aromatic N) is 5. The molecule has 0 bridgehead atoms. The molecule has 1 saturated heterocycles. The monoisotopic (exact) mass is 280 g/mol. The molecule has 1 fully saturated rings. The van der Waals surface area contributed by atoms with Gasteiger partial charge < -0.3 is 15.1 Å². The molecule has 1 amide bonds. The second-order valence-electron chi connectivity index (χ2n) is 4.40. The van der Waals surface area contributed by atoms with Crippen molar-refractivity contribution in [2.75, 3.05) is 43.4 Å². The Bertz CT molecular complexity index is 527. The lowest BCUT2D eigenvalue weighted by Gasteiger charge is -2.34. The molecule has 0 aliphatic carbocycles. The van der Waals surface area contributed by atoms with E-state index in [1.54, 1.807) is 16.8 Å². The van der Waals surface area contributed by atoms with Crippen molar-refractivity contribution in [2.24, 2.45) is 0 Å². The molecule has 0 atom stereocenters. The summed E-state index contributed by atoms with van der Waals surface area (Å²) in [6.07, 6.45) is 1.20. The molecule has 1 aromatic rings. The van der Waals surface area contributed by atoms with Gasteiger partial charge >= 0.3 is 5.69 Å². The van der Waals surface area contributed by atoms with Crippen LogP contribution in [-0.2, 0) is 4.79 Å². The van der Waals surface area contributed by atoms with Gasteiger partial charge in [-0.05, 0) is 0 Å². The SMILES string of the molecule is CNc1ncc([N+](=O)[O-])c(N2CCN(C(C)=O)CC2)n1. The zero-order valence-corrected chi connectivity index (χ0v) is 11.4. The van der Waals surface area contributed by atoms with Crippen molar-refractivity contribution < 1.29 is 9.72 Å². The van der Waals surface area contributed by atoms with Gasteiger partial charge in [0.15, 0.2) is 0 Å². The zero-order chi connectivity index (χ0) is 14.7. The third-order valence-electron chi connectivity index (χ3n) is 3.19. The normalized spacial score (nSPS) is 15.1. The van der Waals surface area contributed by atoms with Gasteiger partial charge in [-0.1, -0.05) is 0 Å². The van der Waals surface area contributed by atoms with Crippen molar-refractivity contribution in [1.29, 1.82) is 0 Å². The Hall–Kier alpha value is -2.45. The van der Waals surface area contributed by atoms with Crippen LogP contribution in [0.25, 0.3) is 0 Å². The predicted molar refractivity (Wildman–Crippen MR) is 72.7 cm³/mol. The van der Waals surface area contributed by atoms with E-state index in [4.69, 9.17) is 0 Å². The molecule has 9 heteroatoms. The Balaban J connectivity index is 2.23. The Morgan fingerprint density at radius 1 is 1.40 bits per heavy atom. The minimum Gasteiger partial charge on any atom is -0.357 e. The average Bonchev–Trinajstić information content (AvgIpc) is 2.46. The second-order valence-corrected chi connectivity index (χ2v) is 4.40. The van der Waals surface area contributed by atoms with Crippen LogP contribution in [0.1, 0.15) is 6.92 Å². The van der Waals surface area contributed by atoms with Gasteiger partial charge in [0, 0.05) is 40.2 Å². The fourth-order valence-corrected chi connectivity index (χ4v) is 2.08. The van der Waals surface area contributed by atoms with Gasteiger partial charge in [-0.3, -0.25) is 14.9 Å². The molecule has 0 unspecified atom stereocenters. The number of rotatable bonds is 3. The third kappa shape index (κ3) is 2.76. The minimum atomic E-state index is -0.494. The molecule has 9 nitrogen and oxygen atoms in total. The van der Waals surface area contributed by atoms with E-state index in [9.17, 15) is 14.9 Å². The van der Waals surface area contributed by atoms with Gasteiger partial charge in [0.05, 0.1) is 4.92 Å². The standard InChI is InChI=1S/C11H16N6O3/c1-8(18)15-3-5-16(6-4-15)10-9(17(19)20)7-13-11(12-2)14-10/h7H,3-6H2,1-2H3,(H,12,13,14). The van der Waals surface area contributed by atoms with Crippen LogP contribution in [0.3, 0.4) is 0 Å². The highest BCUT2D eigenvalue weighted by atomic mass is 16.6. The average molecular weight is 280 g/mol. The van der Waals surface area contributed by atoms with Gasteiger partial charge in [-0.15, -0.1) is 0 Å². The molecule has 1 N–H and O–H groups in total. The van der Waals surface area contributed by atoms with Crippen molar-refractivity contribution in [3.63, 3.8) is 0 Å². The van der Waals surface area contributed by atoms with Gasteiger partial charge in [0.25, 0.3) is 0 Å². The highest BCUT2D eigenvalue weighted by Crippen LogP contribution is 2.26. The van der Waals surface area contributed by atoms with Gasteiger partial charge in [0.1, 0.15) is 6.20 Å². The zero-order valence-electron chi connectivity index (χ0n) is 11.4. The maximum Gasteiger partial charge on any atom is 0.329 e. The lowest BCUT2D eigenvalue weighted by Crippen LogP contribution is -2.48. The summed E-state index contributed by atoms with van der Waals surface area (Å²) < 4.78 is 0. The number of hydrogen-bond donors (Lipinski definition) is 1. The van der Waals surface area contributed by atoms with Gasteiger partial charge in [-0.2, -0.15) is 4.98 Å². The highest BCUT2D eigenvalue weighted by Gasteiger charge is 2.26. The summed E-state index contributed by atoms with van der Waals surface area (Å²) in [5.41, 5.74) is -0.125. The maximum absolute atomic E-state index is 11.3. The smallest absolute Gasteiger partial charge is 0.329 e. The van der Waals surface area contributed by atoms with Crippen LogP contribution in [0.5, 0.6) is 0 Å². The van der Waals surface area contributed by atoms with Crippen molar-refractivity contribution in [2.45, 2.75) is 6.92 Å². The second kappa shape index (κ2) is 5.68. The first-order valence-electron chi connectivity index (χ1n) is 6.22. The molecule has 2 heterocycles. The van der Waals surface area contributed by atoms with Crippen LogP contribution in [0.2, 0.25) is 0 Å². The van der Waals surface area contributed by atoms with E-state index in [0.717, 1.165) is 0 Å². The molecule has 20 heavy (non-hydrogen) atoms. The summed E-state index contributed by atoms with van der Waals surface area (Å²) >= 11 is 0. The van der Waals surface area contributed by atoms with Crippen LogP contribution in [-0.4, -0.2) is 58.9 Å². The van der Waals surface area contributed by atoms with E-state index >= 15 is 0 Å². The molecule has 0 radical (unpaired) electrons. The first kappa shape index (κ1) is 14.0. The molecule has 0 spiro atoms. The van der Waals surface area contributed by atoms with Gasteiger partial charge in [0.2, 0.25) is 17.7 Å². The van der Waals surface area contributed by atoms with Crippen molar-refractivity contribution in [1.82, 2.24) is 14.9 Å². The van der Waals surface area contributed by atoms with E-state index < -0.39 is 4.92 Å². The van der Waals surface area contributed by atoms with E-state index in [0.29, 0.717) is 32.1 Å². The molecule has 2 rings (SSSR count). The summed E-state index contributed by atoms with van der Waals surface area (Å²) in [4.78, 5) is 33.4. The number of nitrogens with one attached hydrogen (secondary N) is 1. The van der Waals surface area contributed by atoms with Crippen LogP contribution < -0.4 is 10.2 Å².